The molecule has 0 aliphatic carbocycles. The summed E-state index contributed by atoms with van der Waals surface area (Å²) in [7, 11) is 1.54. The molecule has 1 aliphatic heterocycles. The van der Waals surface area contributed by atoms with Gasteiger partial charge >= 0.3 is 18.1 Å². The first kappa shape index (κ1) is 24.9. The minimum Gasteiger partial charge on any atom is -0.495 e. The molecular formula is C26H24ClN3O6. The van der Waals surface area contributed by atoms with Crippen molar-refractivity contribution in [2.75, 3.05) is 24.3 Å². The lowest BCUT2D eigenvalue weighted by molar-refractivity contribution is 0.0697. The molecule has 9 nitrogen and oxygen atoms in total. The minimum atomic E-state index is -1.12. The SMILES string of the molecule is COc1ccc(C)cc1NC(=O)Nc1ccc2c(c1)CCN(C(=O)Oc1ccc(C(=O)O)cc1Cl)C2. The number of carboxylic acids is 1. The van der Waals surface area contributed by atoms with Gasteiger partial charge in [0.15, 0.2) is 5.75 Å². The fourth-order valence-electron chi connectivity index (χ4n) is 3.87. The summed E-state index contributed by atoms with van der Waals surface area (Å²) < 4.78 is 10.7. The number of aryl methyl sites for hydroxylation is 1. The topological polar surface area (TPSA) is 117 Å². The van der Waals surface area contributed by atoms with Crippen LogP contribution in [0, 0.1) is 6.92 Å². The molecule has 3 aromatic carbocycles. The number of rotatable bonds is 5. The lowest BCUT2D eigenvalue weighted by atomic mass is 9.99. The zero-order valence-corrected chi connectivity index (χ0v) is 20.4. The summed E-state index contributed by atoms with van der Waals surface area (Å²) in [5.41, 5.74) is 4.12. The van der Waals surface area contributed by atoms with Crippen molar-refractivity contribution < 1.29 is 29.0 Å². The van der Waals surface area contributed by atoms with E-state index in [-0.39, 0.29) is 16.3 Å². The summed E-state index contributed by atoms with van der Waals surface area (Å²) in [6.07, 6.45) is -0.0156. The maximum Gasteiger partial charge on any atom is 0.415 e. The number of amides is 3. The molecule has 0 unspecified atom stereocenters. The molecule has 0 saturated carbocycles. The van der Waals surface area contributed by atoms with Gasteiger partial charge in [-0.15, -0.1) is 0 Å². The Kier molecular flexibility index (Phi) is 7.30. The minimum absolute atomic E-state index is 0.00261. The molecule has 0 radical (unpaired) electrons. The molecule has 0 saturated heterocycles. The molecule has 0 fully saturated rings. The first-order valence-electron chi connectivity index (χ1n) is 11.1. The molecule has 186 valence electrons. The van der Waals surface area contributed by atoms with E-state index >= 15 is 0 Å². The van der Waals surface area contributed by atoms with E-state index in [2.05, 4.69) is 10.6 Å². The van der Waals surface area contributed by atoms with E-state index in [1.807, 2.05) is 31.2 Å². The van der Waals surface area contributed by atoms with Crippen molar-refractivity contribution >= 4 is 41.1 Å². The van der Waals surface area contributed by atoms with Crippen LogP contribution in [-0.4, -0.2) is 41.8 Å². The van der Waals surface area contributed by atoms with E-state index in [4.69, 9.17) is 26.2 Å². The molecule has 3 amide bonds. The van der Waals surface area contributed by atoms with Crippen LogP contribution in [0.2, 0.25) is 5.02 Å². The second-order valence-corrected chi connectivity index (χ2v) is 8.66. The van der Waals surface area contributed by atoms with Crippen LogP contribution in [0.4, 0.5) is 21.0 Å². The van der Waals surface area contributed by atoms with Crippen molar-refractivity contribution in [2.45, 2.75) is 19.9 Å². The lowest BCUT2D eigenvalue weighted by Gasteiger charge is -2.28. The summed E-state index contributed by atoms with van der Waals surface area (Å²) in [6, 6.07) is 14.5. The Morgan fingerprint density at radius 3 is 2.47 bits per heavy atom. The fraction of sp³-hybridized carbons (Fsp3) is 0.192. The second-order valence-electron chi connectivity index (χ2n) is 8.26. The van der Waals surface area contributed by atoms with E-state index in [0.717, 1.165) is 16.7 Å². The fourth-order valence-corrected chi connectivity index (χ4v) is 4.09. The summed E-state index contributed by atoms with van der Waals surface area (Å²) >= 11 is 6.07. The summed E-state index contributed by atoms with van der Waals surface area (Å²) in [5.74, 6) is -0.468. The number of methoxy groups -OCH3 is 1. The molecular weight excluding hydrogens is 486 g/mol. The number of benzene rings is 3. The van der Waals surface area contributed by atoms with Crippen molar-refractivity contribution in [2.24, 2.45) is 0 Å². The van der Waals surface area contributed by atoms with Crippen LogP contribution in [0.3, 0.4) is 0 Å². The Balaban J connectivity index is 1.38. The molecule has 3 aromatic rings. The van der Waals surface area contributed by atoms with Gasteiger partial charge in [0.05, 0.1) is 23.4 Å². The van der Waals surface area contributed by atoms with Crippen LogP contribution in [0.1, 0.15) is 27.0 Å². The van der Waals surface area contributed by atoms with Gasteiger partial charge in [0, 0.05) is 18.8 Å². The Bertz CT molecular complexity index is 1340. The van der Waals surface area contributed by atoms with E-state index in [0.29, 0.717) is 36.6 Å². The number of aromatic carboxylic acids is 1. The Morgan fingerprint density at radius 1 is 0.972 bits per heavy atom. The van der Waals surface area contributed by atoms with Crippen LogP contribution in [0.25, 0.3) is 0 Å². The average molecular weight is 510 g/mol. The number of urea groups is 1. The van der Waals surface area contributed by atoms with Crippen LogP contribution >= 0.6 is 11.6 Å². The highest BCUT2D eigenvalue weighted by Crippen LogP contribution is 2.29. The zero-order chi connectivity index (χ0) is 25.8. The molecule has 1 aliphatic rings. The second kappa shape index (κ2) is 10.6. The number of hydrogen-bond donors (Lipinski definition) is 3. The number of nitrogens with zero attached hydrogens (tertiary/aromatic N) is 1. The number of hydrogen-bond acceptors (Lipinski definition) is 5. The normalized spacial score (nSPS) is 12.4. The van der Waals surface area contributed by atoms with Crippen LogP contribution in [0.15, 0.2) is 54.6 Å². The molecule has 0 aromatic heterocycles. The number of carboxylic acid groups (broad SMARTS) is 1. The van der Waals surface area contributed by atoms with Crippen LogP contribution in [-0.2, 0) is 13.0 Å². The molecule has 0 spiro atoms. The summed E-state index contributed by atoms with van der Waals surface area (Å²) in [6.45, 7) is 2.66. The molecule has 1 heterocycles. The number of carbonyl (C=O) groups excluding carboxylic acids is 2. The van der Waals surface area contributed by atoms with Crippen molar-refractivity contribution in [1.29, 1.82) is 0 Å². The third-order valence-corrected chi connectivity index (χ3v) is 6.01. The van der Waals surface area contributed by atoms with Crippen molar-refractivity contribution in [3.63, 3.8) is 0 Å². The average Bonchev–Trinajstić information content (AvgIpc) is 2.84. The molecule has 36 heavy (non-hydrogen) atoms. The summed E-state index contributed by atoms with van der Waals surface area (Å²) in [4.78, 5) is 37.8. The van der Waals surface area contributed by atoms with E-state index < -0.39 is 18.1 Å². The number of carbonyl (C=O) groups is 3. The van der Waals surface area contributed by atoms with Crippen molar-refractivity contribution in [3.05, 3.63) is 81.9 Å². The third-order valence-electron chi connectivity index (χ3n) is 5.71. The smallest absolute Gasteiger partial charge is 0.415 e. The summed E-state index contributed by atoms with van der Waals surface area (Å²) in [5, 5.41) is 14.7. The van der Waals surface area contributed by atoms with Gasteiger partial charge in [0.1, 0.15) is 5.75 Å². The Hall–Kier alpha value is -4.24. The lowest BCUT2D eigenvalue weighted by Crippen LogP contribution is -2.38. The van der Waals surface area contributed by atoms with Gasteiger partial charge < -0.3 is 30.1 Å². The van der Waals surface area contributed by atoms with E-state index in [1.165, 1.54) is 23.1 Å². The van der Waals surface area contributed by atoms with E-state index in [9.17, 15) is 14.4 Å². The highest BCUT2D eigenvalue weighted by molar-refractivity contribution is 6.32. The van der Waals surface area contributed by atoms with Gasteiger partial charge in [-0.05, 0) is 72.5 Å². The third kappa shape index (κ3) is 5.69. The number of fused-ring (bicyclic) bond motifs is 1. The Labute approximate surface area is 212 Å². The van der Waals surface area contributed by atoms with Crippen LogP contribution < -0.4 is 20.1 Å². The van der Waals surface area contributed by atoms with Crippen LogP contribution in [0.5, 0.6) is 11.5 Å². The number of halogens is 1. The van der Waals surface area contributed by atoms with Gasteiger partial charge in [-0.1, -0.05) is 23.7 Å². The van der Waals surface area contributed by atoms with Gasteiger partial charge in [0.2, 0.25) is 0 Å². The first-order valence-corrected chi connectivity index (χ1v) is 11.5. The van der Waals surface area contributed by atoms with Gasteiger partial charge in [-0.2, -0.15) is 0 Å². The van der Waals surface area contributed by atoms with Gasteiger partial charge in [-0.3, -0.25) is 0 Å². The molecule has 3 N–H and O–H groups in total. The highest BCUT2D eigenvalue weighted by Gasteiger charge is 2.24. The van der Waals surface area contributed by atoms with Gasteiger partial charge in [-0.25, -0.2) is 14.4 Å². The quantitative estimate of drug-likeness (QED) is 0.414. The molecule has 0 bridgehead atoms. The maximum atomic E-state index is 12.7. The molecule has 0 atom stereocenters. The Morgan fingerprint density at radius 2 is 1.75 bits per heavy atom. The number of ether oxygens (including phenoxy) is 2. The van der Waals surface area contributed by atoms with Crippen molar-refractivity contribution in [1.82, 2.24) is 4.90 Å². The molecule has 4 rings (SSSR count). The van der Waals surface area contributed by atoms with Crippen molar-refractivity contribution in [3.8, 4) is 11.5 Å². The largest absolute Gasteiger partial charge is 0.495 e. The predicted molar refractivity (Wildman–Crippen MR) is 135 cm³/mol. The number of anilines is 2. The first-order chi connectivity index (χ1) is 17.2. The standard InChI is InChI=1S/C26H24ClN3O6/c1-15-3-7-23(35-2)21(11-15)29-25(33)28-19-6-4-18-14-30(10-9-16(18)12-19)26(34)36-22-8-5-17(24(31)32)13-20(22)27/h3-8,11-13H,9-10,14H2,1-2H3,(H,31,32)(H2,28,29,33). The maximum absolute atomic E-state index is 12.7. The highest BCUT2D eigenvalue weighted by atomic mass is 35.5. The zero-order valence-electron chi connectivity index (χ0n) is 19.6. The van der Waals surface area contributed by atoms with Gasteiger partial charge in [0.25, 0.3) is 0 Å². The molecule has 10 heteroatoms. The number of nitrogens with one attached hydrogen (secondary N) is 2. The van der Waals surface area contributed by atoms with E-state index in [1.54, 1.807) is 19.2 Å². The predicted octanol–water partition coefficient (Wildman–Crippen LogP) is 5.56. The monoisotopic (exact) mass is 509 g/mol.